The molecule has 0 bridgehead atoms. The Morgan fingerprint density at radius 2 is 1.96 bits per heavy atom. The Hall–Kier alpha value is -2.90. The lowest BCUT2D eigenvalue weighted by molar-refractivity contribution is -0.123. The fraction of sp³-hybridized carbons (Fsp3) is 0.188. The Balaban J connectivity index is 2.10. The summed E-state index contributed by atoms with van der Waals surface area (Å²) in [6.45, 7) is 1.37. The van der Waals surface area contributed by atoms with Gasteiger partial charge in [-0.25, -0.2) is 13.2 Å². The summed E-state index contributed by atoms with van der Waals surface area (Å²) in [5.41, 5.74) is 0.341. The maximum atomic E-state index is 12.3. The Kier molecular flexibility index (Phi) is 5.97. The summed E-state index contributed by atoms with van der Waals surface area (Å²) >= 11 is 1.17. The zero-order valence-electron chi connectivity index (χ0n) is 13.8. The molecule has 0 saturated heterocycles. The van der Waals surface area contributed by atoms with E-state index in [0.717, 1.165) is 6.26 Å². The number of amides is 1. The van der Waals surface area contributed by atoms with Crippen LogP contribution in [0.25, 0.3) is 0 Å². The van der Waals surface area contributed by atoms with E-state index in [-0.39, 0.29) is 11.3 Å². The Morgan fingerprint density at radius 1 is 1.27 bits per heavy atom. The predicted octanol–water partition coefficient (Wildman–Crippen LogP) is 2.18. The fourth-order valence-corrected chi connectivity index (χ4v) is 3.25. The monoisotopic (exact) mass is 393 g/mol. The maximum absolute atomic E-state index is 12.3. The van der Waals surface area contributed by atoms with Crippen LogP contribution in [0.4, 0.5) is 10.7 Å². The molecule has 0 aliphatic rings. The highest BCUT2D eigenvalue weighted by Crippen LogP contribution is 2.23. The number of nitrogens with one attached hydrogen (secondary N) is 2. The number of rotatable bonds is 6. The number of ether oxygens (including phenoxy) is 1. The number of hydrogen-bond acceptors (Lipinski definition) is 7. The first kappa shape index (κ1) is 19.4. The largest absolute Gasteiger partial charge is 0.449 e. The molecule has 0 aliphatic heterocycles. The molecule has 0 fully saturated rings. The van der Waals surface area contributed by atoms with Crippen LogP contribution in [-0.2, 0) is 19.6 Å². The van der Waals surface area contributed by atoms with E-state index in [1.807, 2.05) is 6.07 Å². The van der Waals surface area contributed by atoms with Crippen molar-refractivity contribution in [2.75, 3.05) is 16.3 Å². The van der Waals surface area contributed by atoms with Gasteiger partial charge in [-0.1, -0.05) is 12.1 Å². The summed E-state index contributed by atoms with van der Waals surface area (Å²) in [5, 5.41) is 13.5. The lowest BCUT2D eigenvalue weighted by atomic mass is 10.2. The number of nitrogens with zero attached hydrogens (tertiary/aromatic N) is 1. The predicted molar refractivity (Wildman–Crippen MR) is 97.4 cm³/mol. The summed E-state index contributed by atoms with van der Waals surface area (Å²) in [4.78, 5) is 24.5. The molecule has 0 saturated carbocycles. The van der Waals surface area contributed by atoms with Crippen LogP contribution in [0.15, 0.2) is 35.7 Å². The molecule has 0 spiro atoms. The van der Waals surface area contributed by atoms with Crippen LogP contribution < -0.4 is 10.0 Å². The van der Waals surface area contributed by atoms with Gasteiger partial charge in [-0.15, -0.1) is 11.3 Å². The highest BCUT2D eigenvalue weighted by atomic mass is 32.2. The summed E-state index contributed by atoms with van der Waals surface area (Å²) in [6.07, 6.45) is -0.193. The topological polar surface area (TPSA) is 125 Å². The lowest BCUT2D eigenvalue weighted by Gasteiger charge is -2.15. The van der Waals surface area contributed by atoms with Crippen LogP contribution in [0.1, 0.15) is 22.8 Å². The van der Waals surface area contributed by atoms with E-state index >= 15 is 0 Å². The molecule has 1 atom stereocenters. The average Bonchev–Trinajstić information content (AvgIpc) is 3.00. The van der Waals surface area contributed by atoms with Crippen molar-refractivity contribution in [3.8, 4) is 6.07 Å². The quantitative estimate of drug-likeness (QED) is 0.725. The number of hydrogen-bond donors (Lipinski definition) is 2. The third-order valence-electron chi connectivity index (χ3n) is 3.12. The van der Waals surface area contributed by atoms with Crippen LogP contribution in [0.3, 0.4) is 0 Å². The number of carbonyl (C=O) groups is 2. The number of carbonyl (C=O) groups excluding carboxylic acids is 2. The van der Waals surface area contributed by atoms with Gasteiger partial charge in [-0.2, -0.15) is 5.26 Å². The molecule has 1 amide bonds. The SMILES string of the molecule is CC(OC(=O)c1ccccc1NS(C)(=O)=O)C(=O)Nc1sccc1C#N. The third-order valence-corrected chi connectivity index (χ3v) is 4.54. The van der Waals surface area contributed by atoms with Crippen molar-refractivity contribution in [1.29, 1.82) is 5.26 Å². The number of para-hydroxylation sites is 1. The summed E-state index contributed by atoms with van der Waals surface area (Å²) < 4.78 is 30.1. The minimum absolute atomic E-state index is 0.0218. The first-order valence-electron chi connectivity index (χ1n) is 7.27. The van der Waals surface area contributed by atoms with Crippen molar-refractivity contribution >= 4 is 43.9 Å². The van der Waals surface area contributed by atoms with Crippen molar-refractivity contribution in [2.45, 2.75) is 13.0 Å². The molecule has 0 aliphatic carbocycles. The molecule has 10 heteroatoms. The van der Waals surface area contributed by atoms with E-state index in [2.05, 4.69) is 10.0 Å². The van der Waals surface area contributed by atoms with Gasteiger partial charge in [-0.3, -0.25) is 9.52 Å². The average molecular weight is 393 g/mol. The van der Waals surface area contributed by atoms with Gasteiger partial charge in [-0.05, 0) is 30.5 Å². The molecule has 136 valence electrons. The molecule has 0 radical (unpaired) electrons. The van der Waals surface area contributed by atoms with Gasteiger partial charge >= 0.3 is 5.97 Å². The molecule has 1 aromatic heterocycles. The number of nitriles is 1. The number of benzene rings is 1. The van der Waals surface area contributed by atoms with Crippen molar-refractivity contribution in [3.63, 3.8) is 0 Å². The first-order chi connectivity index (χ1) is 12.2. The second-order valence-electron chi connectivity index (χ2n) is 5.23. The molecule has 1 aromatic carbocycles. The number of thiophene rings is 1. The van der Waals surface area contributed by atoms with Crippen LogP contribution in [0.2, 0.25) is 0 Å². The second-order valence-corrected chi connectivity index (χ2v) is 7.90. The molecule has 8 nitrogen and oxygen atoms in total. The minimum Gasteiger partial charge on any atom is -0.449 e. The minimum atomic E-state index is -3.59. The normalized spacial score (nSPS) is 11.9. The molecule has 2 rings (SSSR count). The molecule has 1 heterocycles. The van der Waals surface area contributed by atoms with Gasteiger partial charge in [0.1, 0.15) is 11.1 Å². The Labute approximate surface area is 154 Å². The van der Waals surface area contributed by atoms with Gasteiger partial charge in [0, 0.05) is 0 Å². The van der Waals surface area contributed by atoms with E-state index in [1.54, 1.807) is 23.6 Å². The van der Waals surface area contributed by atoms with Crippen molar-refractivity contribution in [1.82, 2.24) is 0 Å². The Bertz CT molecular complexity index is 976. The van der Waals surface area contributed by atoms with Gasteiger partial charge in [0.05, 0.1) is 23.1 Å². The second kappa shape index (κ2) is 7.99. The van der Waals surface area contributed by atoms with Crippen LogP contribution in [-0.4, -0.2) is 32.7 Å². The van der Waals surface area contributed by atoms with E-state index < -0.39 is 28.0 Å². The maximum Gasteiger partial charge on any atom is 0.341 e. The number of esters is 1. The van der Waals surface area contributed by atoms with E-state index in [1.165, 1.54) is 30.4 Å². The van der Waals surface area contributed by atoms with Crippen LogP contribution >= 0.6 is 11.3 Å². The summed E-state index contributed by atoms with van der Waals surface area (Å²) in [7, 11) is -3.59. The molecule has 26 heavy (non-hydrogen) atoms. The van der Waals surface area contributed by atoms with Gasteiger partial charge in [0.25, 0.3) is 5.91 Å². The molecule has 2 N–H and O–H groups in total. The summed E-state index contributed by atoms with van der Waals surface area (Å²) in [6, 6.07) is 9.39. The fourth-order valence-electron chi connectivity index (χ4n) is 1.94. The highest BCUT2D eigenvalue weighted by molar-refractivity contribution is 7.92. The number of anilines is 2. The molecular formula is C16H15N3O5S2. The zero-order chi connectivity index (χ0) is 19.3. The molecular weight excluding hydrogens is 378 g/mol. The standard InChI is InChI=1S/C16H15N3O5S2/c1-10(14(20)18-15-11(9-17)7-8-25-15)24-16(21)12-5-3-4-6-13(12)19-26(2,22)23/h3-8,10,19H,1-2H3,(H,18,20). The van der Waals surface area contributed by atoms with Crippen molar-refractivity contribution < 1.29 is 22.7 Å². The van der Waals surface area contributed by atoms with Gasteiger partial charge < -0.3 is 10.1 Å². The van der Waals surface area contributed by atoms with Gasteiger partial charge in [0.15, 0.2) is 6.10 Å². The molecule has 1 unspecified atom stereocenters. The molecule has 2 aromatic rings. The lowest BCUT2D eigenvalue weighted by Crippen LogP contribution is -2.30. The van der Waals surface area contributed by atoms with Crippen molar-refractivity contribution in [3.05, 3.63) is 46.8 Å². The number of sulfonamides is 1. The smallest absolute Gasteiger partial charge is 0.341 e. The first-order valence-corrected chi connectivity index (χ1v) is 10.0. The van der Waals surface area contributed by atoms with Crippen molar-refractivity contribution in [2.24, 2.45) is 0 Å². The van der Waals surface area contributed by atoms with Gasteiger partial charge in [0.2, 0.25) is 10.0 Å². The van der Waals surface area contributed by atoms with Crippen LogP contribution in [0, 0.1) is 11.3 Å². The summed E-state index contributed by atoms with van der Waals surface area (Å²) in [5.74, 6) is -1.46. The van der Waals surface area contributed by atoms with E-state index in [4.69, 9.17) is 10.00 Å². The van der Waals surface area contributed by atoms with E-state index in [0.29, 0.717) is 10.6 Å². The third kappa shape index (κ3) is 5.05. The zero-order valence-corrected chi connectivity index (χ0v) is 15.5. The van der Waals surface area contributed by atoms with Crippen LogP contribution in [0.5, 0.6) is 0 Å². The Morgan fingerprint density at radius 3 is 2.62 bits per heavy atom. The highest BCUT2D eigenvalue weighted by Gasteiger charge is 2.22. The van der Waals surface area contributed by atoms with E-state index in [9.17, 15) is 18.0 Å².